The van der Waals surface area contributed by atoms with E-state index >= 15 is 0 Å². The summed E-state index contributed by atoms with van der Waals surface area (Å²) in [5.74, 6) is 6.79. The molecule has 0 saturated carbocycles. The van der Waals surface area contributed by atoms with Crippen LogP contribution in [-0.4, -0.2) is 16.8 Å². The molecule has 1 fully saturated rings. The van der Waals surface area contributed by atoms with Gasteiger partial charge in [-0.1, -0.05) is 0 Å². The zero-order valence-electron chi connectivity index (χ0n) is 5.21. The van der Waals surface area contributed by atoms with Crippen LogP contribution in [0, 0.1) is 0 Å². The quantitative estimate of drug-likeness (QED) is 0.238. The second-order valence-electron chi connectivity index (χ2n) is 2.06. The molecule has 1 rings (SSSR count). The van der Waals surface area contributed by atoms with Gasteiger partial charge in [-0.05, 0) is 18.6 Å². The topological polar surface area (TPSA) is 64.4 Å². The molecule has 0 radical (unpaired) electrons. The highest BCUT2D eigenvalue weighted by Crippen LogP contribution is 2.25. The molecule has 1 saturated heterocycles. The lowest BCUT2D eigenvalue weighted by molar-refractivity contribution is 0.892. The normalized spacial score (nSPS) is 28.9. The summed E-state index contributed by atoms with van der Waals surface area (Å²) in [6.07, 6.45) is 2.38. The van der Waals surface area contributed by atoms with E-state index in [1.807, 2.05) is 11.8 Å². The summed E-state index contributed by atoms with van der Waals surface area (Å²) >= 11 is 1.84. The lowest BCUT2D eigenvalue weighted by atomic mass is 10.2. The van der Waals surface area contributed by atoms with E-state index in [0.29, 0.717) is 11.1 Å². The van der Waals surface area contributed by atoms with Gasteiger partial charge in [0.15, 0.2) is 0 Å². The second-order valence-corrected chi connectivity index (χ2v) is 3.37. The smallest absolute Gasteiger partial charge is 0.132 e. The standard InChI is InChI=1S/C5H11N3S/c6-5(8-7)4-2-1-3-9-4/h4H,1-3,7H2,(H2,6,8). The number of rotatable bonds is 1. The Kier molecular flexibility index (Phi) is 2.22. The Hall–Kier alpha value is -0.380. The van der Waals surface area contributed by atoms with Gasteiger partial charge in [0.25, 0.3) is 0 Å². The fourth-order valence-corrected chi connectivity index (χ4v) is 2.08. The molecule has 1 atom stereocenters. The molecule has 3 nitrogen and oxygen atoms in total. The molecule has 9 heavy (non-hydrogen) atoms. The Morgan fingerprint density at radius 2 is 2.44 bits per heavy atom. The Balaban J connectivity index is 2.42. The van der Waals surface area contributed by atoms with Crippen molar-refractivity contribution in [2.24, 2.45) is 16.7 Å². The molecule has 0 bridgehead atoms. The van der Waals surface area contributed by atoms with Crippen molar-refractivity contribution < 1.29 is 0 Å². The third-order valence-electron chi connectivity index (χ3n) is 1.41. The Morgan fingerprint density at radius 3 is 2.89 bits per heavy atom. The number of thioether (sulfide) groups is 1. The highest BCUT2D eigenvalue weighted by Gasteiger charge is 2.18. The van der Waals surface area contributed by atoms with Crippen LogP contribution in [0.5, 0.6) is 0 Å². The van der Waals surface area contributed by atoms with E-state index in [1.165, 1.54) is 12.2 Å². The van der Waals surface area contributed by atoms with E-state index in [9.17, 15) is 0 Å². The van der Waals surface area contributed by atoms with Crippen LogP contribution in [0.3, 0.4) is 0 Å². The number of nitrogens with zero attached hydrogens (tertiary/aromatic N) is 1. The van der Waals surface area contributed by atoms with Crippen molar-refractivity contribution in [3.8, 4) is 0 Å². The molecule has 1 unspecified atom stereocenters. The lowest BCUT2D eigenvalue weighted by Gasteiger charge is -2.03. The molecule has 0 aliphatic carbocycles. The predicted molar refractivity (Wildman–Crippen MR) is 41.3 cm³/mol. The summed E-state index contributed by atoms with van der Waals surface area (Å²) in [5, 5.41) is 3.84. The van der Waals surface area contributed by atoms with E-state index in [1.54, 1.807) is 0 Å². The van der Waals surface area contributed by atoms with Crippen molar-refractivity contribution in [3.05, 3.63) is 0 Å². The molecule has 0 aromatic rings. The highest BCUT2D eigenvalue weighted by atomic mass is 32.2. The van der Waals surface area contributed by atoms with Crippen LogP contribution in [0.4, 0.5) is 0 Å². The fourth-order valence-electron chi connectivity index (χ4n) is 0.894. The average molecular weight is 145 g/mol. The fraction of sp³-hybridized carbons (Fsp3) is 0.800. The summed E-state index contributed by atoms with van der Waals surface area (Å²) < 4.78 is 0. The average Bonchev–Trinajstić information content (AvgIpc) is 2.37. The first kappa shape index (κ1) is 6.74. The van der Waals surface area contributed by atoms with Crippen LogP contribution in [0.15, 0.2) is 5.10 Å². The summed E-state index contributed by atoms with van der Waals surface area (Å²) in [6.45, 7) is 0. The minimum Gasteiger partial charge on any atom is -0.385 e. The maximum Gasteiger partial charge on any atom is 0.132 e. The van der Waals surface area contributed by atoms with Gasteiger partial charge >= 0.3 is 0 Å². The Labute approximate surface area is 58.9 Å². The molecular formula is C5H11N3S. The number of nitrogens with two attached hydrogens (primary N) is 2. The molecule has 52 valence electrons. The maximum absolute atomic E-state index is 5.48. The van der Waals surface area contributed by atoms with Crippen molar-refractivity contribution in [1.29, 1.82) is 0 Å². The zero-order chi connectivity index (χ0) is 6.69. The van der Waals surface area contributed by atoms with Crippen LogP contribution in [0.25, 0.3) is 0 Å². The van der Waals surface area contributed by atoms with Gasteiger partial charge in [-0.2, -0.15) is 16.9 Å². The molecule has 1 aliphatic rings. The van der Waals surface area contributed by atoms with Gasteiger partial charge in [-0.15, -0.1) is 0 Å². The van der Waals surface area contributed by atoms with Gasteiger partial charge in [-0.25, -0.2) is 0 Å². The second kappa shape index (κ2) is 2.96. The van der Waals surface area contributed by atoms with Crippen LogP contribution in [-0.2, 0) is 0 Å². The van der Waals surface area contributed by atoms with E-state index in [4.69, 9.17) is 11.6 Å². The molecule has 1 aliphatic heterocycles. The summed E-state index contributed by atoms with van der Waals surface area (Å²) in [6, 6.07) is 0. The van der Waals surface area contributed by atoms with E-state index in [0.717, 1.165) is 6.42 Å². The third kappa shape index (κ3) is 1.51. The van der Waals surface area contributed by atoms with Crippen molar-refractivity contribution in [1.82, 2.24) is 0 Å². The molecule has 0 aromatic carbocycles. The molecular weight excluding hydrogens is 134 g/mol. The van der Waals surface area contributed by atoms with Gasteiger partial charge in [-0.3, -0.25) is 0 Å². The van der Waals surface area contributed by atoms with Crippen molar-refractivity contribution in [2.45, 2.75) is 18.1 Å². The Bertz CT molecular complexity index is 117. The van der Waals surface area contributed by atoms with Crippen LogP contribution < -0.4 is 11.6 Å². The number of hydrogen-bond acceptors (Lipinski definition) is 3. The number of amidine groups is 1. The first-order valence-corrected chi connectivity index (χ1v) is 4.04. The maximum atomic E-state index is 5.48. The molecule has 4 heteroatoms. The molecule has 0 spiro atoms. The first-order chi connectivity index (χ1) is 4.34. The van der Waals surface area contributed by atoms with E-state index in [-0.39, 0.29) is 0 Å². The summed E-state index contributed by atoms with van der Waals surface area (Å²) in [5.41, 5.74) is 5.48. The van der Waals surface area contributed by atoms with Crippen molar-refractivity contribution in [2.75, 3.05) is 5.75 Å². The monoisotopic (exact) mass is 145 g/mol. The van der Waals surface area contributed by atoms with E-state index < -0.39 is 0 Å². The molecule has 0 amide bonds. The highest BCUT2D eigenvalue weighted by molar-refractivity contribution is 8.00. The van der Waals surface area contributed by atoms with E-state index in [2.05, 4.69) is 5.10 Å². The third-order valence-corrected chi connectivity index (χ3v) is 2.81. The van der Waals surface area contributed by atoms with Gasteiger partial charge < -0.3 is 11.6 Å². The van der Waals surface area contributed by atoms with Crippen LogP contribution in [0.1, 0.15) is 12.8 Å². The number of hydrogen-bond donors (Lipinski definition) is 2. The van der Waals surface area contributed by atoms with Gasteiger partial charge in [0.1, 0.15) is 5.84 Å². The minimum atomic E-state index is 0.398. The van der Waals surface area contributed by atoms with Gasteiger partial charge in [0, 0.05) is 0 Å². The summed E-state index contributed by atoms with van der Waals surface area (Å²) in [4.78, 5) is 0. The van der Waals surface area contributed by atoms with Crippen molar-refractivity contribution in [3.63, 3.8) is 0 Å². The minimum absolute atomic E-state index is 0.398. The molecule has 0 aromatic heterocycles. The zero-order valence-corrected chi connectivity index (χ0v) is 6.03. The SMILES string of the molecule is NN=C(N)C1CCCS1. The molecule has 4 N–H and O–H groups in total. The molecule has 1 heterocycles. The first-order valence-electron chi connectivity index (χ1n) is 2.99. The lowest BCUT2D eigenvalue weighted by Crippen LogP contribution is -2.25. The number of hydrazone groups is 1. The predicted octanol–water partition coefficient (Wildman–Crippen LogP) is 0.113. The largest absolute Gasteiger partial charge is 0.385 e. The Morgan fingerprint density at radius 1 is 1.67 bits per heavy atom. The van der Waals surface area contributed by atoms with Gasteiger partial charge in [0.2, 0.25) is 0 Å². The van der Waals surface area contributed by atoms with Crippen LogP contribution in [0.2, 0.25) is 0 Å². The van der Waals surface area contributed by atoms with Gasteiger partial charge in [0.05, 0.1) is 5.25 Å². The van der Waals surface area contributed by atoms with Crippen molar-refractivity contribution >= 4 is 17.6 Å². The summed E-state index contributed by atoms with van der Waals surface area (Å²) in [7, 11) is 0. The van der Waals surface area contributed by atoms with Crippen LogP contribution >= 0.6 is 11.8 Å².